The van der Waals surface area contributed by atoms with Crippen LogP contribution in [0.4, 0.5) is 0 Å². The number of unbranched alkanes of at least 4 members (excludes halogenated alkanes) is 1. The van der Waals surface area contributed by atoms with Gasteiger partial charge in [-0.25, -0.2) is 4.79 Å². The average Bonchev–Trinajstić information content (AvgIpc) is 2.70. The molecule has 4 unspecified atom stereocenters. The fraction of sp³-hybridized carbons (Fsp3) is 0.700. The van der Waals surface area contributed by atoms with Crippen molar-refractivity contribution < 1.29 is 39.0 Å². The van der Waals surface area contributed by atoms with Crippen LogP contribution in [0.2, 0.25) is 0 Å². The second kappa shape index (κ2) is 15.6. The van der Waals surface area contributed by atoms with Gasteiger partial charge in [0.1, 0.15) is 18.1 Å². The number of carboxylic acid groups (broad SMARTS) is 2. The van der Waals surface area contributed by atoms with Gasteiger partial charge in [-0.1, -0.05) is 13.8 Å². The number of hydrogen-bond donors (Lipinski definition) is 8. The second-order valence-corrected chi connectivity index (χ2v) is 8.31. The summed E-state index contributed by atoms with van der Waals surface area (Å²) in [5.74, 6) is -6.26. The molecule has 0 aliphatic rings. The van der Waals surface area contributed by atoms with E-state index in [1.165, 1.54) is 0 Å². The van der Waals surface area contributed by atoms with E-state index in [9.17, 15) is 33.9 Å². The first kappa shape index (κ1) is 30.7. The molecule has 0 aliphatic carbocycles. The molecule has 0 aromatic heterocycles. The third kappa shape index (κ3) is 12.7. The summed E-state index contributed by atoms with van der Waals surface area (Å²) in [7, 11) is 0. The molecule has 0 aromatic rings. The first-order valence-corrected chi connectivity index (χ1v) is 10.9. The van der Waals surface area contributed by atoms with Gasteiger partial charge in [0, 0.05) is 0 Å². The van der Waals surface area contributed by atoms with Crippen LogP contribution in [0.5, 0.6) is 0 Å². The van der Waals surface area contributed by atoms with Crippen molar-refractivity contribution in [1.29, 1.82) is 0 Å². The summed E-state index contributed by atoms with van der Waals surface area (Å²) in [5.41, 5.74) is 16.1. The lowest BCUT2D eigenvalue weighted by Crippen LogP contribution is -2.58. The van der Waals surface area contributed by atoms with Gasteiger partial charge in [0.25, 0.3) is 0 Å². The van der Waals surface area contributed by atoms with E-state index in [4.69, 9.17) is 22.3 Å². The van der Waals surface area contributed by atoms with E-state index in [2.05, 4.69) is 16.0 Å². The van der Waals surface area contributed by atoms with Crippen molar-refractivity contribution in [3.8, 4) is 0 Å². The molecule has 0 bridgehead atoms. The Hall–Kier alpha value is -3.26. The minimum absolute atomic E-state index is 0.0307. The Kier molecular flexibility index (Phi) is 14.1. The molecule has 0 heterocycles. The van der Waals surface area contributed by atoms with Crippen molar-refractivity contribution in [1.82, 2.24) is 16.0 Å². The van der Waals surface area contributed by atoms with E-state index in [1.807, 2.05) is 0 Å². The third-order valence-corrected chi connectivity index (χ3v) is 4.67. The van der Waals surface area contributed by atoms with Crippen molar-refractivity contribution >= 4 is 35.6 Å². The molecular formula is C20H36N6O8. The van der Waals surface area contributed by atoms with Crippen LogP contribution in [0, 0.1) is 5.92 Å². The fourth-order valence-corrected chi connectivity index (χ4v) is 2.97. The standard InChI is InChI=1S/C20H36N6O8/c1-10(2)7-14(20(33)34)26-18(31)12(5-3-4-6-21)24-19(32)13(9-15(23)27)25-17(30)11(22)8-16(28)29/h10-14H,3-9,21-22H2,1-2H3,(H2,23,27)(H,24,32)(H,25,30)(H,26,31)(H,28,29)(H,33,34). The van der Waals surface area contributed by atoms with Gasteiger partial charge in [-0.3, -0.25) is 24.0 Å². The Morgan fingerprint density at radius 3 is 1.79 bits per heavy atom. The molecule has 34 heavy (non-hydrogen) atoms. The topological polar surface area (TPSA) is 257 Å². The number of aliphatic carboxylic acids is 2. The van der Waals surface area contributed by atoms with Gasteiger partial charge < -0.3 is 43.4 Å². The highest BCUT2D eigenvalue weighted by Crippen LogP contribution is 2.08. The predicted molar refractivity (Wildman–Crippen MR) is 120 cm³/mol. The van der Waals surface area contributed by atoms with E-state index in [-0.39, 0.29) is 18.8 Å². The molecule has 14 nitrogen and oxygen atoms in total. The number of primary amides is 1. The number of carboxylic acids is 2. The van der Waals surface area contributed by atoms with Gasteiger partial charge in [0.15, 0.2) is 0 Å². The number of rotatable bonds is 17. The summed E-state index contributed by atoms with van der Waals surface area (Å²) in [6.45, 7) is 3.90. The summed E-state index contributed by atoms with van der Waals surface area (Å²) in [4.78, 5) is 71.4. The third-order valence-electron chi connectivity index (χ3n) is 4.67. The van der Waals surface area contributed by atoms with Crippen molar-refractivity contribution in [3.05, 3.63) is 0 Å². The number of amides is 4. The van der Waals surface area contributed by atoms with E-state index < -0.39 is 72.6 Å². The molecule has 11 N–H and O–H groups in total. The molecular weight excluding hydrogens is 452 g/mol. The molecule has 0 radical (unpaired) electrons. The molecule has 0 spiro atoms. The van der Waals surface area contributed by atoms with Gasteiger partial charge in [0.05, 0.1) is 18.9 Å². The van der Waals surface area contributed by atoms with E-state index in [1.54, 1.807) is 13.8 Å². The molecule has 4 atom stereocenters. The first-order valence-electron chi connectivity index (χ1n) is 10.9. The smallest absolute Gasteiger partial charge is 0.326 e. The summed E-state index contributed by atoms with van der Waals surface area (Å²) in [6.07, 6.45) is -0.134. The fourth-order valence-electron chi connectivity index (χ4n) is 2.97. The Morgan fingerprint density at radius 1 is 0.794 bits per heavy atom. The van der Waals surface area contributed by atoms with Crippen LogP contribution in [-0.2, 0) is 28.8 Å². The van der Waals surface area contributed by atoms with Crippen molar-refractivity contribution in [2.24, 2.45) is 23.1 Å². The normalized spacial score (nSPS) is 14.4. The van der Waals surface area contributed by atoms with Gasteiger partial charge in [-0.2, -0.15) is 0 Å². The average molecular weight is 489 g/mol. The van der Waals surface area contributed by atoms with Crippen molar-refractivity contribution in [3.63, 3.8) is 0 Å². The van der Waals surface area contributed by atoms with Gasteiger partial charge in [0.2, 0.25) is 23.6 Å². The van der Waals surface area contributed by atoms with Crippen molar-refractivity contribution in [2.75, 3.05) is 6.54 Å². The van der Waals surface area contributed by atoms with E-state index in [0.717, 1.165) is 0 Å². The molecule has 4 amide bonds. The summed E-state index contributed by atoms with van der Waals surface area (Å²) in [6, 6.07) is -5.39. The number of hydrogen-bond acceptors (Lipinski definition) is 8. The summed E-state index contributed by atoms with van der Waals surface area (Å²) in [5, 5.41) is 25.1. The molecule has 0 saturated carbocycles. The maximum absolute atomic E-state index is 12.8. The SMILES string of the molecule is CC(C)CC(NC(=O)C(CCCCN)NC(=O)C(CC(N)=O)NC(=O)C(N)CC(=O)O)C(=O)O. The molecule has 0 aliphatic heterocycles. The Morgan fingerprint density at radius 2 is 1.32 bits per heavy atom. The molecule has 194 valence electrons. The van der Waals surface area contributed by atoms with Gasteiger partial charge in [-0.05, 0) is 38.1 Å². The lowest BCUT2D eigenvalue weighted by Gasteiger charge is -2.25. The van der Waals surface area contributed by atoms with Crippen LogP contribution < -0.4 is 33.2 Å². The zero-order valence-corrected chi connectivity index (χ0v) is 19.4. The van der Waals surface area contributed by atoms with E-state index in [0.29, 0.717) is 19.4 Å². The maximum Gasteiger partial charge on any atom is 0.326 e. The quantitative estimate of drug-likeness (QED) is 0.0988. The van der Waals surface area contributed by atoms with Crippen LogP contribution in [0.15, 0.2) is 0 Å². The van der Waals surface area contributed by atoms with E-state index >= 15 is 0 Å². The number of carbonyl (C=O) groups excluding carboxylic acids is 4. The molecule has 0 fully saturated rings. The number of carbonyl (C=O) groups is 6. The zero-order chi connectivity index (χ0) is 26.4. The number of nitrogens with two attached hydrogens (primary N) is 3. The Balaban J connectivity index is 5.55. The van der Waals surface area contributed by atoms with Crippen LogP contribution in [0.25, 0.3) is 0 Å². The highest BCUT2D eigenvalue weighted by atomic mass is 16.4. The van der Waals surface area contributed by atoms with Crippen LogP contribution in [0.3, 0.4) is 0 Å². The molecule has 0 saturated heterocycles. The molecule has 0 rings (SSSR count). The Labute approximate surface area is 197 Å². The largest absolute Gasteiger partial charge is 0.481 e. The summed E-state index contributed by atoms with van der Waals surface area (Å²) >= 11 is 0. The van der Waals surface area contributed by atoms with Crippen LogP contribution in [0.1, 0.15) is 52.4 Å². The van der Waals surface area contributed by atoms with Crippen LogP contribution >= 0.6 is 0 Å². The van der Waals surface area contributed by atoms with Gasteiger partial charge in [-0.15, -0.1) is 0 Å². The minimum Gasteiger partial charge on any atom is -0.481 e. The highest BCUT2D eigenvalue weighted by Gasteiger charge is 2.31. The molecule has 0 aromatic carbocycles. The second-order valence-electron chi connectivity index (χ2n) is 8.31. The van der Waals surface area contributed by atoms with Gasteiger partial charge >= 0.3 is 11.9 Å². The zero-order valence-electron chi connectivity index (χ0n) is 19.4. The highest BCUT2D eigenvalue weighted by molar-refractivity contribution is 5.96. The minimum atomic E-state index is -1.53. The monoisotopic (exact) mass is 488 g/mol. The van der Waals surface area contributed by atoms with Crippen molar-refractivity contribution in [2.45, 2.75) is 76.5 Å². The number of nitrogens with one attached hydrogen (secondary N) is 3. The summed E-state index contributed by atoms with van der Waals surface area (Å²) < 4.78 is 0. The maximum atomic E-state index is 12.8. The lowest BCUT2D eigenvalue weighted by atomic mass is 10.0. The van der Waals surface area contributed by atoms with Crippen LogP contribution in [-0.4, -0.2) is 76.5 Å². The first-order chi connectivity index (χ1) is 15.8. The Bertz CT molecular complexity index is 745. The predicted octanol–water partition coefficient (Wildman–Crippen LogP) is -2.62. The lowest BCUT2D eigenvalue weighted by molar-refractivity contribution is -0.143. The molecule has 14 heteroatoms.